The van der Waals surface area contributed by atoms with E-state index >= 15 is 0 Å². The second-order valence-electron chi connectivity index (χ2n) is 4.75. The van der Waals surface area contributed by atoms with Crippen molar-refractivity contribution in [2.24, 2.45) is 11.7 Å². The highest BCUT2D eigenvalue weighted by atomic mass is 16.5. The van der Waals surface area contributed by atoms with E-state index in [1.807, 2.05) is 0 Å². The fourth-order valence-corrected chi connectivity index (χ4v) is 2.13. The molecular weight excluding hydrogens is 276 g/mol. The zero-order valence-electron chi connectivity index (χ0n) is 11.4. The first-order valence-corrected chi connectivity index (χ1v) is 6.58. The summed E-state index contributed by atoms with van der Waals surface area (Å²) in [5.74, 6) is -1.81. The Morgan fingerprint density at radius 3 is 2.86 bits per heavy atom. The van der Waals surface area contributed by atoms with Crippen molar-refractivity contribution in [1.82, 2.24) is 14.9 Å². The maximum atomic E-state index is 12.0. The Morgan fingerprint density at radius 2 is 2.19 bits per heavy atom. The number of rotatable bonds is 4. The number of nitrogens with zero attached hydrogens (tertiary/aromatic N) is 3. The van der Waals surface area contributed by atoms with Gasteiger partial charge < -0.3 is 15.4 Å². The Morgan fingerprint density at radius 1 is 1.38 bits per heavy atom. The van der Waals surface area contributed by atoms with Crippen LogP contribution in [0.5, 0.6) is 0 Å². The molecule has 1 atom stereocenters. The van der Waals surface area contributed by atoms with E-state index in [2.05, 4.69) is 9.97 Å². The van der Waals surface area contributed by atoms with Gasteiger partial charge in [0, 0.05) is 25.5 Å². The van der Waals surface area contributed by atoms with Gasteiger partial charge in [-0.2, -0.15) is 0 Å². The number of amides is 2. The van der Waals surface area contributed by atoms with Crippen molar-refractivity contribution in [1.29, 1.82) is 0 Å². The number of carbonyl (C=O) groups excluding carboxylic acids is 3. The van der Waals surface area contributed by atoms with Crippen LogP contribution in [0, 0.1) is 5.92 Å². The third-order valence-corrected chi connectivity index (χ3v) is 3.28. The van der Waals surface area contributed by atoms with Crippen molar-refractivity contribution >= 4 is 17.8 Å². The van der Waals surface area contributed by atoms with E-state index in [-0.39, 0.29) is 30.7 Å². The molecule has 0 aliphatic carbocycles. The van der Waals surface area contributed by atoms with Gasteiger partial charge in [-0.1, -0.05) is 0 Å². The van der Waals surface area contributed by atoms with Crippen molar-refractivity contribution < 1.29 is 19.1 Å². The molecule has 0 spiro atoms. The molecule has 1 aliphatic heterocycles. The first-order chi connectivity index (χ1) is 10.1. The minimum Gasteiger partial charge on any atom is -0.451 e. The molecule has 0 saturated carbocycles. The molecule has 0 radical (unpaired) electrons. The third-order valence-electron chi connectivity index (χ3n) is 3.28. The molecule has 2 N–H and O–H groups in total. The monoisotopic (exact) mass is 292 g/mol. The fraction of sp³-hybridized carbons (Fsp3) is 0.462. The zero-order valence-corrected chi connectivity index (χ0v) is 11.4. The molecule has 1 fully saturated rings. The molecular formula is C13H16N4O4. The van der Waals surface area contributed by atoms with Crippen LogP contribution < -0.4 is 5.73 Å². The van der Waals surface area contributed by atoms with Crippen LogP contribution in [-0.2, 0) is 14.3 Å². The summed E-state index contributed by atoms with van der Waals surface area (Å²) in [5, 5.41) is 0. The van der Waals surface area contributed by atoms with Crippen LogP contribution in [0.1, 0.15) is 23.3 Å². The number of hydrogen-bond donors (Lipinski definition) is 1. The predicted molar refractivity (Wildman–Crippen MR) is 70.8 cm³/mol. The Hall–Kier alpha value is -2.51. The van der Waals surface area contributed by atoms with E-state index in [1.165, 1.54) is 23.5 Å². The highest BCUT2D eigenvalue weighted by Crippen LogP contribution is 2.16. The average Bonchev–Trinajstić information content (AvgIpc) is 2.53. The molecule has 8 nitrogen and oxygen atoms in total. The first kappa shape index (κ1) is 14.9. The van der Waals surface area contributed by atoms with Gasteiger partial charge >= 0.3 is 5.97 Å². The van der Waals surface area contributed by atoms with Crippen LogP contribution in [0.2, 0.25) is 0 Å². The number of carbonyl (C=O) groups is 3. The summed E-state index contributed by atoms with van der Waals surface area (Å²) in [7, 11) is 0. The predicted octanol–water partition coefficient (Wildman–Crippen LogP) is -0.643. The second kappa shape index (κ2) is 6.78. The lowest BCUT2D eigenvalue weighted by atomic mass is 9.97. The van der Waals surface area contributed by atoms with Gasteiger partial charge in [-0.15, -0.1) is 0 Å². The van der Waals surface area contributed by atoms with Gasteiger partial charge in [0.1, 0.15) is 0 Å². The van der Waals surface area contributed by atoms with Gasteiger partial charge in [-0.25, -0.2) is 9.78 Å². The number of primary amides is 1. The quantitative estimate of drug-likeness (QED) is 0.738. The average molecular weight is 292 g/mol. The van der Waals surface area contributed by atoms with Gasteiger partial charge in [0.2, 0.25) is 5.91 Å². The highest BCUT2D eigenvalue weighted by Gasteiger charge is 2.27. The molecule has 0 unspecified atom stereocenters. The minimum atomic E-state index is -0.708. The van der Waals surface area contributed by atoms with Crippen molar-refractivity contribution in [2.45, 2.75) is 12.8 Å². The van der Waals surface area contributed by atoms with Crippen molar-refractivity contribution in [2.75, 3.05) is 19.7 Å². The Bertz CT molecular complexity index is 534. The molecule has 0 aromatic carbocycles. The van der Waals surface area contributed by atoms with Crippen molar-refractivity contribution in [3.05, 3.63) is 24.3 Å². The molecule has 1 aliphatic rings. The fourth-order valence-electron chi connectivity index (χ4n) is 2.13. The molecule has 1 aromatic heterocycles. The van der Waals surface area contributed by atoms with E-state index in [4.69, 9.17) is 10.5 Å². The van der Waals surface area contributed by atoms with Crippen LogP contribution in [-0.4, -0.2) is 52.3 Å². The molecule has 2 amide bonds. The summed E-state index contributed by atoms with van der Waals surface area (Å²) >= 11 is 0. The summed E-state index contributed by atoms with van der Waals surface area (Å²) in [6, 6.07) is 0. The summed E-state index contributed by atoms with van der Waals surface area (Å²) in [6.45, 7) is 0.420. The minimum absolute atomic E-state index is 0.0407. The van der Waals surface area contributed by atoms with Crippen LogP contribution in [0.3, 0.4) is 0 Å². The summed E-state index contributed by atoms with van der Waals surface area (Å²) in [4.78, 5) is 43.8. The van der Waals surface area contributed by atoms with E-state index in [9.17, 15) is 14.4 Å². The van der Waals surface area contributed by atoms with Gasteiger partial charge in [0.05, 0.1) is 12.1 Å². The molecule has 112 valence electrons. The van der Waals surface area contributed by atoms with Gasteiger partial charge in [0.15, 0.2) is 12.3 Å². The zero-order chi connectivity index (χ0) is 15.2. The van der Waals surface area contributed by atoms with Crippen LogP contribution in [0.25, 0.3) is 0 Å². The molecule has 0 bridgehead atoms. The second-order valence-corrected chi connectivity index (χ2v) is 4.75. The number of aromatic nitrogens is 2. The molecule has 21 heavy (non-hydrogen) atoms. The maximum absolute atomic E-state index is 12.0. The standard InChI is InChI=1S/C13H16N4O4/c14-12(19)9-2-1-5-17(7-9)11(18)8-21-13(20)10-6-15-3-4-16-10/h3-4,6,9H,1-2,5,7-8H2,(H2,14,19)/t9-/m1/s1. The SMILES string of the molecule is NC(=O)[C@@H]1CCCN(C(=O)COC(=O)c2cnccn2)C1. The topological polar surface area (TPSA) is 115 Å². The van der Waals surface area contributed by atoms with E-state index in [1.54, 1.807) is 0 Å². The number of hydrogen-bond acceptors (Lipinski definition) is 6. The van der Waals surface area contributed by atoms with Crippen molar-refractivity contribution in [3.63, 3.8) is 0 Å². The molecule has 8 heteroatoms. The van der Waals surface area contributed by atoms with Crippen molar-refractivity contribution in [3.8, 4) is 0 Å². The van der Waals surface area contributed by atoms with Gasteiger partial charge in [-0.3, -0.25) is 14.6 Å². The van der Waals surface area contributed by atoms with E-state index < -0.39 is 11.9 Å². The Balaban J connectivity index is 1.84. The summed E-state index contributed by atoms with van der Waals surface area (Å²) < 4.78 is 4.89. The number of nitrogens with two attached hydrogens (primary N) is 1. The summed E-state index contributed by atoms with van der Waals surface area (Å²) in [5.41, 5.74) is 5.29. The van der Waals surface area contributed by atoms with Crippen LogP contribution >= 0.6 is 0 Å². The van der Waals surface area contributed by atoms with Gasteiger partial charge in [0.25, 0.3) is 5.91 Å². The Labute approximate surface area is 121 Å². The smallest absolute Gasteiger partial charge is 0.359 e. The first-order valence-electron chi connectivity index (χ1n) is 6.58. The lowest BCUT2D eigenvalue weighted by molar-refractivity contribution is -0.137. The van der Waals surface area contributed by atoms with E-state index in [0.29, 0.717) is 19.4 Å². The maximum Gasteiger partial charge on any atom is 0.359 e. The molecule has 1 aromatic rings. The normalized spacial score (nSPS) is 18.1. The number of likely N-dealkylation sites (tertiary alicyclic amines) is 1. The third kappa shape index (κ3) is 3.98. The van der Waals surface area contributed by atoms with E-state index in [0.717, 1.165) is 0 Å². The largest absolute Gasteiger partial charge is 0.451 e. The van der Waals surface area contributed by atoms with Crippen LogP contribution in [0.15, 0.2) is 18.6 Å². The number of ether oxygens (including phenoxy) is 1. The lowest BCUT2D eigenvalue weighted by Gasteiger charge is -2.30. The lowest BCUT2D eigenvalue weighted by Crippen LogP contribution is -2.45. The number of piperidine rings is 1. The molecule has 1 saturated heterocycles. The Kier molecular flexibility index (Phi) is 4.81. The molecule has 2 heterocycles. The van der Waals surface area contributed by atoms with Gasteiger partial charge in [-0.05, 0) is 12.8 Å². The highest BCUT2D eigenvalue weighted by molar-refractivity contribution is 5.89. The number of esters is 1. The van der Waals surface area contributed by atoms with Crippen LogP contribution in [0.4, 0.5) is 0 Å². The molecule has 2 rings (SSSR count). The summed E-state index contributed by atoms with van der Waals surface area (Å²) in [6.07, 6.45) is 5.44.